The number of carboxylic acids is 1. The van der Waals surface area contributed by atoms with Crippen LogP contribution in [0, 0.1) is 19.8 Å². The maximum absolute atomic E-state index is 12.5. The largest absolute Gasteiger partial charge is 0.480 e. The van der Waals surface area contributed by atoms with Crippen molar-refractivity contribution in [2.45, 2.75) is 71.4 Å². The Labute approximate surface area is 167 Å². The summed E-state index contributed by atoms with van der Waals surface area (Å²) in [5.74, 6) is 0.344. The number of hydrogen-bond donors (Lipinski definition) is 3. The highest BCUT2D eigenvalue weighted by Crippen LogP contribution is 2.34. The number of carboxylic acid groups (broad SMARTS) is 1. The van der Waals surface area contributed by atoms with Gasteiger partial charge in [0.15, 0.2) is 0 Å². The number of amides is 2. The maximum Gasteiger partial charge on any atom is 0.319 e. The number of anilines is 1. The Balaban J connectivity index is 1.50. The van der Waals surface area contributed by atoms with E-state index in [0.29, 0.717) is 11.8 Å². The summed E-state index contributed by atoms with van der Waals surface area (Å²) >= 11 is 0. The molecular formula is C22H33N3O3. The number of carbonyl (C=O) groups is 2. The smallest absolute Gasteiger partial charge is 0.319 e. The third kappa shape index (κ3) is 5.25. The molecule has 3 rings (SSSR count). The molecule has 0 aliphatic heterocycles. The van der Waals surface area contributed by atoms with Gasteiger partial charge in [0.05, 0.1) is 6.54 Å². The van der Waals surface area contributed by atoms with Gasteiger partial charge in [0.2, 0.25) is 0 Å². The quantitative estimate of drug-likeness (QED) is 0.632. The molecule has 0 aromatic heterocycles. The van der Waals surface area contributed by atoms with E-state index in [1.165, 1.54) is 18.4 Å². The van der Waals surface area contributed by atoms with E-state index in [4.69, 9.17) is 5.11 Å². The van der Waals surface area contributed by atoms with Gasteiger partial charge in [-0.15, -0.1) is 0 Å². The Hall–Kier alpha value is -2.08. The summed E-state index contributed by atoms with van der Waals surface area (Å²) in [6, 6.07) is 4.45. The van der Waals surface area contributed by atoms with Gasteiger partial charge in [0.1, 0.15) is 0 Å². The fourth-order valence-corrected chi connectivity index (χ4v) is 4.01. The van der Waals surface area contributed by atoms with Crippen molar-refractivity contribution in [3.05, 3.63) is 28.8 Å². The molecule has 0 heterocycles. The van der Waals surface area contributed by atoms with Gasteiger partial charge < -0.3 is 15.7 Å². The lowest BCUT2D eigenvalue weighted by Gasteiger charge is -2.42. The molecule has 2 saturated carbocycles. The second kappa shape index (κ2) is 8.52. The van der Waals surface area contributed by atoms with Crippen LogP contribution in [0.1, 0.15) is 62.1 Å². The monoisotopic (exact) mass is 387 g/mol. The fraction of sp³-hybridized carbons (Fsp3) is 0.636. The Bertz CT molecular complexity index is 714. The van der Waals surface area contributed by atoms with E-state index in [0.717, 1.165) is 36.2 Å². The second-order valence-corrected chi connectivity index (χ2v) is 8.87. The zero-order chi connectivity index (χ0) is 20.4. The first-order valence-corrected chi connectivity index (χ1v) is 10.4. The SMILES string of the molecule is Cc1cc(C(C)C)cc(C)c1NC(=O)NC1CC(N(CC(=O)O)CC2CC2)C1. The molecule has 1 aromatic carbocycles. The number of rotatable bonds is 8. The Morgan fingerprint density at radius 1 is 1.18 bits per heavy atom. The first kappa shape index (κ1) is 20.6. The van der Waals surface area contributed by atoms with Gasteiger partial charge in [-0.05, 0) is 68.1 Å². The van der Waals surface area contributed by atoms with Crippen molar-refractivity contribution in [3.8, 4) is 0 Å². The summed E-state index contributed by atoms with van der Waals surface area (Å²) in [5.41, 5.74) is 4.29. The molecule has 6 heteroatoms. The standard InChI is InChI=1S/C22H33N3O3/c1-13(2)17-7-14(3)21(15(4)8-17)24-22(28)23-18-9-19(10-18)25(12-20(26)27)11-16-5-6-16/h7-8,13,16,18-19H,5-6,9-12H2,1-4H3,(H,26,27)(H2,23,24,28). The molecule has 0 radical (unpaired) electrons. The molecule has 0 saturated heterocycles. The van der Waals surface area contributed by atoms with Crippen molar-refractivity contribution >= 4 is 17.7 Å². The van der Waals surface area contributed by atoms with Crippen molar-refractivity contribution in [2.24, 2.45) is 5.92 Å². The summed E-state index contributed by atoms with van der Waals surface area (Å²) < 4.78 is 0. The van der Waals surface area contributed by atoms with Crippen LogP contribution in [0.3, 0.4) is 0 Å². The number of aliphatic carboxylic acids is 1. The summed E-state index contributed by atoms with van der Waals surface area (Å²) in [6.45, 7) is 9.35. The van der Waals surface area contributed by atoms with Crippen LogP contribution in [0.5, 0.6) is 0 Å². The van der Waals surface area contributed by atoms with Gasteiger partial charge in [-0.3, -0.25) is 9.69 Å². The molecule has 3 N–H and O–H groups in total. The van der Waals surface area contributed by atoms with Gasteiger partial charge in [-0.1, -0.05) is 26.0 Å². The van der Waals surface area contributed by atoms with Crippen LogP contribution in [-0.2, 0) is 4.79 Å². The lowest BCUT2D eigenvalue weighted by Crippen LogP contribution is -2.55. The minimum absolute atomic E-state index is 0.0979. The average molecular weight is 388 g/mol. The minimum atomic E-state index is -0.773. The van der Waals surface area contributed by atoms with Gasteiger partial charge >= 0.3 is 12.0 Å². The Morgan fingerprint density at radius 2 is 1.79 bits per heavy atom. The molecule has 0 bridgehead atoms. The van der Waals surface area contributed by atoms with Gasteiger partial charge in [0, 0.05) is 24.3 Å². The molecule has 2 amide bonds. The maximum atomic E-state index is 12.5. The molecular weight excluding hydrogens is 354 g/mol. The van der Waals surface area contributed by atoms with Crippen molar-refractivity contribution in [1.82, 2.24) is 10.2 Å². The average Bonchev–Trinajstić information content (AvgIpc) is 3.36. The molecule has 0 spiro atoms. The first-order chi connectivity index (χ1) is 13.2. The van der Waals surface area contributed by atoms with Crippen LogP contribution in [0.15, 0.2) is 12.1 Å². The fourth-order valence-electron chi connectivity index (χ4n) is 4.01. The van der Waals surface area contributed by atoms with Crippen LogP contribution >= 0.6 is 0 Å². The van der Waals surface area contributed by atoms with Gasteiger partial charge in [-0.2, -0.15) is 0 Å². The highest BCUT2D eigenvalue weighted by atomic mass is 16.4. The molecule has 1 aromatic rings. The van der Waals surface area contributed by atoms with Crippen LogP contribution in [0.25, 0.3) is 0 Å². The van der Waals surface area contributed by atoms with E-state index in [9.17, 15) is 9.59 Å². The van der Waals surface area contributed by atoms with Crippen LogP contribution < -0.4 is 10.6 Å². The molecule has 0 atom stereocenters. The predicted molar refractivity (Wildman–Crippen MR) is 111 cm³/mol. The number of nitrogens with one attached hydrogen (secondary N) is 2. The highest BCUT2D eigenvalue weighted by molar-refractivity contribution is 5.91. The number of hydrogen-bond acceptors (Lipinski definition) is 3. The predicted octanol–water partition coefficient (Wildman–Crippen LogP) is 3.88. The normalized spacial score (nSPS) is 21.5. The van der Waals surface area contributed by atoms with Crippen molar-refractivity contribution in [3.63, 3.8) is 0 Å². The number of carbonyl (C=O) groups excluding carboxylic acids is 1. The summed E-state index contributed by atoms with van der Waals surface area (Å²) in [6.07, 6.45) is 4.05. The Kier molecular flexibility index (Phi) is 6.28. The third-order valence-corrected chi connectivity index (χ3v) is 5.95. The molecule has 6 nitrogen and oxygen atoms in total. The van der Waals surface area contributed by atoms with Crippen molar-refractivity contribution in [2.75, 3.05) is 18.4 Å². The van der Waals surface area contributed by atoms with Crippen LogP contribution in [0.2, 0.25) is 0 Å². The van der Waals surface area contributed by atoms with E-state index in [-0.39, 0.29) is 24.7 Å². The highest BCUT2D eigenvalue weighted by Gasteiger charge is 2.37. The molecule has 0 unspecified atom stereocenters. The summed E-state index contributed by atoms with van der Waals surface area (Å²) in [5, 5.41) is 15.2. The molecule has 2 aliphatic rings. The molecule has 2 aliphatic carbocycles. The van der Waals surface area contributed by atoms with E-state index < -0.39 is 5.97 Å². The molecule has 2 fully saturated rings. The number of aryl methyl sites for hydroxylation is 2. The number of nitrogens with zero attached hydrogens (tertiary/aromatic N) is 1. The lowest BCUT2D eigenvalue weighted by molar-refractivity contribution is -0.139. The number of benzene rings is 1. The van der Waals surface area contributed by atoms with Gasteiger partial charge in [-0.25, -0.2) is 4.79 Å². The van der Waals surface area contributed by atoms with Crippen LogP contribution in [0.4, 0.5) is 10.5 Å². The van der Waals surface area contributed by atoms with Crippen molar-refractivity contribution in [1.29, 1.82) is 0 Å². The van der Waals surface area contributed by atoms with E-state index in [1.807, 2.05) is 13.8 Å². The zero-order valence-corrected chi connectivity index (χ0v) is 17.4. The lowest BCUT2D eigenvalue weighted by atomic mass is 9.85. The minimum Gasteiger partial charge on any atom is -0.480 e. The molecule has 154 valence electrons. The van der Waals surface area contributed by atoms with Gasteiger partial charge in [0.25, 0.3) is 0 Å². The zero-order valence-electron chi connectivity index (χ0n) is 17.4. The second-order valence-electron chi connectivity index (χ2n) is 8.87. The molecule has 28 heavy (non-hydrogen) atoms. The van der Waals surface area contributed by atoms with Crippen molar-refractivity contribution < 1.29 is 14.7 Å². The van der Waals surface area contributed by atoms with Crippen LogP contribution in [-0.4, -0.2) is 47.2 Å². The number of urea groups is 1. The van der Waals surface area contributed by atoms with E-state index in [2.05, 4.69) is 41.5 Å². The first-order valence-electron chi connectivity index (χ1n) is 10.4. The van der Waals surface area contributed by atoms with E-state index >= 15 is 0 Å². The summed E-state index contributed by atoms with van der Waals surface area (Å²) in [4.78, 5) is 25.7. The summed E-state index contributed by atoms with van der Waals surface area (Å²) in [7, 11) is 0. The van der Waals surface area contributed by atoms with E-state index in [1.54, 1.807) is 0 Å². The third-order valence-electron chi connectivity index (χ3n) is 5.95. The Morgan fingerprint density at radius 3 is 2.29 bits per heavy atom. The topological polar surface area (TPSA) is 81.7 Å².